The molecule has 0 amide bonds. The van der Waals surface area contributed by atoms with Gasteiger partial charge < -0.3 is 4.90 Å². The van der Waals surface area contributed by atoms with Crippen molar-refractivity contribution in [2.24, 2.45) is 5.41 Å². The van der Waals surface area contributed by atoms with Crippen molar-refractivity contribution in [2.75, 3.05) is 18.0 Å². The second kappa shape index (κ2) is 4.58. The molecule has 88 valence electrons. The van der Waals surface area contributed by atoms with Gasteiger partial charge in [0.15, 0.2) is 0 Å². The quantitative estimate of drug-likeness (QED) is 0.729. The summed E-state index contributed by atoms with van der Waals surface area (Å²) in [5, 5.41) is 1.73. The van der Waals surface area contributed by atoms with E-state index in [0.29, 0.717) is 5.41 Å². The molecule has 1 saturated heterocycles. The summed E-state index contributed by atoms with van der Waals surface area (Å²) >= 11 is 9.76. The molecule has 1 aromatic rings. The minimum atomic E-state index is 0.414. The van der Waals surface area contributed by atoms with Crippen LogP contribution in [0.5, 0.6) is 0 Å². The van der Waals surface area contributed by atoms with Crippen molar-refractivity contribution < 1.29 is 0 Å². The van der Waals surface area contributed by atoms with Crippen LogP contribution in [-0.4, -0.2) is 13.1 Å². The summed E-state index contributed by atoms with van der Waals surface area (Å²) in [7, 11) is 0. The van der Waals surface area contributed by atoms with E-state index in [1.807, 2.05) is 0 Å². The third kappa shape index (κ3) is 2.54. The minimum Gasteiger partial charge on any atom is -0.370 e. The number of hydrogen-bond acceptors (Lipinski definition) is 1. The summed E-state index contributed by atoms with van der Waals surface area (Å²) in [6.07, 6.45) is 1.24. The number of alkyl halides is 1. The fourth-order valence-electron chi connectivity index (χ4n) is 2.21. The van der Waals surface area contributed by atoms with E-state index < -0.39 is 0 Å². The molecule has 0 radical (unpaired) electrons. The summed E-state index contributed by atoms with van der Waals surface area (Å²) in [6, 6.07) is 6.33. The van der Waals surface area contributed by atoms with Gasteiger partial charge in [-0.1, -0.05) is 47.4 Å². The van der Waals surface area contributed by atoms with E-state index in [4.69, 9.17) is 11.6 Å². The maximum Gasteiger partial charge on any atom is 0.0642 e. The van der Waals surface area contributed by atoms with Gasteiger partial charge in [-0.2, -0.15) is 0 Å². The van der Waals surface area contributed by atoms with E-state index >= 15 is 0 Å². The average molecular weight is 303 g/mol. The van der Waals surface area contributed by atoms with Gasteiger partial charge in [0.05, 0.1) is 10.7 Å². The van der Waals surface area contributed by atoms with Gasteiger partial charge in [-0.05, 0) is 29.5 Å². The Morgan fingerprint density at radius 1 is 1.44 bits per heavy atom. The third-order valence-electron chi connectivity index (χ3n) is 3.18. The Bertz CT molecular complexity index is 390. The predicted molar refractivity (Wildman–Crippen MR) is 74.7 cm³/mol. The first kappa shape index (κ1) is 12.3. The molecule has 1 aliphatic heterocycles. The highest BCUT2D eigenvalue weighted by molar-refractivity contribution is 9.08. The van der Waals surface area contributed by atoms with Gasteiger partial charge in [0, 0.05) is 18.4 Å². The van der Waals surface area contributed by atoms with E-state index in [1.54, 1.807) is 0 Å². The van der Waals surface area contributed by atoms with Gasteiger partial charge >= 0.3 is 0 Å². The topological polar surface area (TPSA) is 3.24 Å². The lowest BCUT2D eigenvalue weighted by Gasteiger charge is -2.22. The molecule has 0 bridgehead atoms. The van der Waals surface area contributed by atoms with Crippen molar-refractivity contribution in [2.45, 2.75) is 25.6 Å². The van der Waals surface area contributed by atoms with Crippen LogP contribution >= 0.6 is 27.5 Å². The molecule has 0 atom stereocenters. The van der Waals surface area contributed by atoms with Gasteiger partial charge in [-0.25, -0.2) is 0 Å². The average Bonchev–Trinajstić information content (AvgIpc) is 2.58. The summed E-state index contributed by atoms with van der Waals surface area (Å²) in [4.78, 5) is 2.39. The number of rotatable bonds is 2. The lowest BCUT2D eigenvalue weighted by molar-refractivity contribution is 0.418. The van der Waals surface area contributed by atoms with E-state index in [2.05, 4.69) is 52.9 Å². The SMILES string of the molecule is CC1(C)CCN(c2ccc(CBr)cc2Cl)C1. The van der Waals surface area contributed by atoms with Crippen molar-refractivity contribution in [1.82, 2.24) is 0 Å². The Balaban J connectivity index is 2.22. The maximum absolute atomic E-state index is 6.32. The summed E-state index contributed by atoms with van der Waals surface area (Å²) in [5.74, 6) is 0. The molecule has 0 saturated carbocycles. The standard InChI is InChI=1S/C13H17BrClN/c1-13(2)5-6-16(9-13)12-4-3-10(8-14)7-11(12)15/h3-4,7H,5-6,8-9H2,1-2H3. The van der Waals surface area contributed by atoms with Crippen LogP contribution in [0.15, 0.2) is 18.2 Å². The van der Waals surface area contributed by atoms with Crippen molar-refractivity contribution in [1.29, 1.82) is 0 Å². The number of halogens is 2. The maximum atomic E-state index is 6.32. The van der Waals surface area contributed by atoms with Gasteiger partial charge in [-0.3, -0.25) is 0 Å². The van der Waals surface area contributed by atoms with Crippen molar-refractivity contribution in [3.63, 3.8) is 0 Å². The molecule has 0 spiro atoms. The fourth-order valence-corrected chi connectivity index (χ4v) is 2.88. The molecule has 1 aliphatic rings. The molecule has 1 heterocycles. The Kier molecular flexibility index (Phi) is 3.50. The van der Waals surface area contributed by atoms with Crippen LogP contribution < -0.4 is 4.90 Å². The minimum absolute atomic E-state index is 0.414. The van der Waals surface area contributed by atoms with E-state index in [-0.39, 0.29) is 0 Å². The van der Waals surface area contributed by atoms with Crippen LogP contribution in [0.3, 0.4) is 0 Å². The van der Waals surface area contributed by atoms with Gasteiger partial charge in [-0.15, -0.1) is 0 Å². The van der Waals surface area contributed by atoms with E-state index in [1.165, 1.54) is 17.7 Å². The number of benzene rings is 1. The molecule has 16 heavy (non-hydrogen) atoms. The lowest BCUT2D eigenvalue weighted by Crippen LogP contribution is -2.22. The zero-order valence-electron chi connectivity index (χ0n) is 9.76. The fraction of sp³-hybridized carbons (Fsp3) is 0.538. The molecular formula is C13H17BrClN. The largest absolute Gasteiger partial charge is 0.370 e. The molecule has 1 aromatic carbocycles. The first-order valence-electron chi connectivity index (χ1n) is 5.61. The molecule has 0 unspecified atom stereocenters. The molecule has 0 aliphatic carbocycles. The molecule has 0 N–H and O–H groups in total. The number of nitrogens with zero attached hydrogens (tertiary/aromatic N) is 1. The van der Waals surface area contributed by atoms with E-state index in [0.717, 1.165) is 23.4 Å². The second-order valence-corrected chi connectivity index (χ2v) is 6.22. The van der Waals surface area contributed by atoms with Crippen molar-refractivity contribution in [3.8, 4) is 0 Å². The Morgan fingerprint density at radius 2 is 2.19 bits per heavy atom. The third-order valence-corrected chi connectivity index (χ3v) is 4.13. The summed E-state index contributed by atoms with van der Waals surface area (Å²) in [6.45, 7) is 6.84. The summed E-state index contributed by atoms with van der Waals surface area (Å²) < 4.78 is 0. The number of hydrogen-bond donors (Lipinski definition) is 0. The van der Waals surface area contributed by atoms with Crippen molar-refractivity contribution in [3.05, 3.63) is 28.8 Å². The van der Waals surface area contributed by atoms with Gasteiger partial charge in [0.25, 0.3) is 0 Å². The first-order valence-corrected chi connectivity index (χ1v) is 7.11. The van der Waals surface area contributed by atoms with E-state index in [9.17, 15) is 0 Å². The van der Waals surface area contributed by atoms with Crippen LogP contribution in [0.25, 0.3) is 0 Å². The number of anilines is 1. The molecular weight excluding hydrogens is 286 g/mol. The zero-order chi connectivity index (χ0) is 11.8. The van der Waals surface area contributed by atoms with Crippen LogP contribution in [0.2, 0.25) is 5.02 Å². The monoisotopic (exact) mass is 301 g/mol. The molecule has 1 nitrogen and oxygen atoms in total. The Hall–Kier alpha value is -0.210. The van der Waals surface area contributed by atoms with Crippen LogP contribution in [0, 0.1) is 5.41 Å². The highest BCUT2D eigenvalue weighted by atomic mass is 79.9. The highest BCUT2D eigenvalue weighted by Gasteiger charge is 2.30. The van der Waals surface area contributed by atoms with Gasteiger partial charge in [0.2, 0.25) is 0 Å². The molecule has 0 aromatic heterocycles. The van der Waals surface area contributed by atoms with Gasteiger partial charge in [0.1, 0.15) is 0 Å². The van der Waals surface area contributed by atoms with Crippen molar-refractivity contribution >= 4 is 33.2 Å². The van der Waals surface area contributed by atoms with Crippen LogP contribution in [0.4, 0.5) is 5.69 Å². The van der Waals surface area contributed by atoms with Crippen LogP contribution in [0.1, 0.15) is 25.8 Å². The lowest BCUT2D eigenvalue weighted by atomic mass is 9.93. The molecule has 1 fully saturated rings. The predicted octanol–water partition coefficient (Wildman–Crippen LogP) is 4.47. The Labute approximate surface area is 111 Å². The molecule has 3 heteroatoms. The normalized spacial score (nSPS) is 19.1. The second-order valence-electron chi connectivity index (χ2n) is 5.26. The smallest absolute Gasteiger partial charge is 0.0642 e. The Morgan fingerprint density at radius 3 is 2.69 bits per heavy atom. The highest BCUT2D eigenvalue weighted by Crippen LogP contribution is 2.36. The van der Waals surface area contributed by atoms with Crippen LogP contribution in [-0.2, 0) is 5.33 Å². The first-order chi connectivity index (χ1) is 7.52. The zero-order valence-corrected chi connectivity index (χ0v) is 12.1. The molecule has 2 rings (SSSR count). The summed E-state index contributed by atoms with van der Waals surface area (Å²) in [5.41, 5.74) is 2.82.